The zero-order valence-corrected chi connectivity index (χ0v) is 8.20. The summed E-state index contributed by atoms with van der Waals surface area (Å²) in [6.45, 7) is 6.49. The molecule has 12 heavy (non-hydrogen) atoms. The summed E-state index contributed by atoms with van der Waals surface area (Å²) in [5, 5.41) is 0. The Hall–Kier alpha value is -0.830. The van der Waals surface area contributed by atoms with Crippen LogP contribution in [0.15, 0.2) is 16.8 Å². The van der Waals surface area contributed by atoms with Crippen LogP contribution < -0.4 is 5.73 Å². The first-order chi connectivity index (χ1) is 5.41. The van der Waals surface area contributed by atoms with Crippen LogP contribution in [0.5, 0.6) is 0 Å². The SMILES string of the molecule is CN1C=C(C(C)(C)C)C=NC1N. The van der Waals surface area contributed by atoms with Crippen molar-refractivity contribution in [3.8, 4) is 0 Å². The molecule has 1 rings (SSSR count). The van der Waals surface area contributed by atoms with E-state index in [1.165, 1.54) is 5.57 Å². The molecule has 1 unspecified atom stereocenters. The van der Waals surface area contributed by atoms with Gasteiger partial charge < -0.3 is 4.90 Å². The first kappa shape index (κ1) is 9.26. The Kier molecular flexibility index (Phi) is 2.24. The minimum Gasteiger partial charge on any atom is -0.347 e. The van der Waals surface area contributed by atoms with E-state index in [4.69, 9.17) is 5.73 Å². The molecule has 0 aliphatic carbocycles. The average molecular weight is 167 g/mol. The minimum atomic E-state index is -0.212. The molecular weight excluding hydrogens is 150 g/mol. The highest BCUT2D eigenvalue weighted by Crippen LogP contribution is 2.25. The topological polar surface area (TPSA) is 41.6 Å². The lowest BCUT2D eigenvalue weighted by molar-refractivity contribution is 0.333. The molecule has 0 amide bonds. The van der Waals surface area contributed by atoms with Crippen LogP contribution in [0.2, 0.25) is 0 Å². The Balaban J connectivity index is 2.84. The van der Waals surface area contributed by atoms with Gasteiger partial charge in [-0.25, -0.2) is 0 Å². The zero-order valence-electron chi connectivity index (χ0n) is 8.20. The summed E-state index contributed by atoms with van der Waals surface area (Å²) in [4.78, 5) is 6.09. The lowest BCUT2D eigenvalue weighted by Gasteiger charge is -2.29. The molecular formula is C9H17N3. The fourth-order valence-corrected chi connectivity index (χ4v) is 0.978. The van der Waals surface area contributed by atoms with Crippen LogP contribution in [0.25, 0.3) is 0 Å². The van der Waals surface area contributed by atoms with Crippen molar-refractivity contribution in [3.05, 3.63) is 11.8 Å². The van der Waals surface area contributed by atoms with Gasteiger partial charge in [-0.15, -0.1) is 0 Å². The molecule has 1 aliphatic rings. The Morgan fingerprint density at radius 3 is 2.50 bits per heavy atom. The third-order valence-corrected chi connectivity index (χ3v) is 1.99. The van der Waals surface area contributed by atoms with Crippen molar-refractivity contribution in [1.82, 2.24) is 4.90 Å². The second-order valence-electron chi connectivity index (χ2n) is 4.19. The molecule has 0 aromatic heterocycles. The van der Waals surface area contributed by atoms with Crippen molar-refractivity contribution >= 4 is 6.21 Å². The van der Waals surface area contributed by atoms with Gasteiger partial charge in [-0.3, -0.25) is 10.7 Å². The smallest absolute Gasteiger partial charge is 0.172 e. The minimum absolute atomic E-state index is 0.151. The maximum absolute atomic E-state index is 5.67. The fourth-order valence-electron chi connectivity index (χ4n) is 0.978. The summed E-state index contributed by atoms with van der Waals surface area (Å²) in [6.07, 6.45) is 3.71. The van der Waals surface area contributed by atoms with Crippen molar-refractivity contribution in [3.63, 3.8) is 0 Å². The van der Waals surface area contributed by atoms with Crippen LogP contribution in [0.1, 0.15) is 20.8 Å². The van der Waals surface area contributed by atoms with Crippen LogP contribution in [0.3, 0.4) is 0 Å². The molecule has 0 aromatic carbocycles. The van der Waals surface area contributed by atoms with Crippen molar-refractivity contribution in [1.29, 1.82) is 0 Å². The number of nitrogens with two attached hydrogens (primary N) is 1. The Labute approximate surface area is 74.0 Å². The summed E-state index contributed by atoms with van der Waals surface area (Å²) in [6, 6.07) is 0. The molecule has 1 atom stereocenters. The van der Waals surface area contributed by atoms with Gasteiger partial charge in [0.1, 0.15) is 0 Å². The number of rotatable bonds is 0. The molecule has 2 N–H and O–H groups in total. The summed E-state index contributed by atoms with van der Waals surface area (Å²) in [5.41, 5.74) is 7.03. The molecule has 0 fully saturated rings. The fraction of sp³-hybridized carbons (Fsp3) is 0.667. The van der Waals surface area contributed by atoms with E-state index < -0.39 is 0 Å². The predicted molar refractivity (Wildman–Crippen MR) is 51.8 cm³/mol. The van der Waals surface area contributed by atoms with Gasteiger partial charge >= 0.3 is 0 Å². The molecule has 0 spiro atoms. The Bertz CT molecular complexity index is 222. The van der Waals surface area contributed by atoms with Crippen LogP contribution >= 0.6 is 0 Å². The van der Waals surface area contributed by atoms with Gasteiger partial charge in [0.2, 0.25) is 0 Å². The third kappa shape index (κ3) is 1.85. The maximum Gasteiger partial charge on any atom is 0.172 e. The lowest BCUT2D eigenvalue weighted by Crippen LogP contribution is -2.37. The van der Waals surface area contributed by atoms with Crippen LogP contribution in [0, 0.1) is 5.41 Å². The Morgan fingerprint density at radius 2 is 2.08 bits per heavy atom. The molecule has 0 saturated carbocycles. The zero-order chi connectivity index (χ0) is 9.35. The standard InChI is InChI=1S/C9H17N3/c1-9(2,3)7-5-11-8(10)12(4)6-7/h5-6,8H,10H2,1-4H3. The number of allylic oxidation sites excluding steroid dienone is 1. The molecule has 0 bridgehead atoms. The van der Waals surface area contributed by atoms with Gasteiger partial charge in [0.15, 0.2) is 6.29 Å². The molecule has 3 heteroatoms. The number of hydrogen-bond acceptors (Lipinski definition) is 3. The third-order valence-electron chi connectivity index (χ3n) is 1.99. The van der Waals surface area contributed by atoms with Gasteiger partial charge in [-0.2, -0.15) is 0 Å². The summed E-state index contributed by atoms with van der Waals surface area (Å²) in [5.74, 6) is 0. The molecule has 1 heterocycles. The normalized spacial score (nSPS) is 24.2. The van der Waals surface area contributed by atoms with E-state index in [-0.39, 0.29) is 11.7 Å². The van der Waals surface area contributed by atoms with Crippen molar-refractivity contribution in [2.75, 3.05) is 7.05 Å². The van der Waals surface area contributed by atoms with E-state index in [9.17, 15) is 0 Å². The molecule has 3 nitrogen and oxygen atoms in total. The second kappa shape index (κ2) is 2.90. The second-order valence-corrected chi connectivity index (χ2v) is 4.19. The molecule has 1 aliphatic heterocycles. The summed E-state index contributed by atoms with van der Waals surface area (Å²) >= 11 is 0. The van der Waals surface area contributed by atoms with Gasteiger partial charge in [0.25, 0.3) is 0 Å². The maximum atomic E-state index is 5.67. The van der Waals surface area contributed by atoms with E-state index in [1.807, 2.05) is 18.2 Å². The molecule has 68 valence electrons. The van der Waals surface area contributed by atoms with E-state index in [1.54, 1.807) is 0 Å². The van der Waals surface area contributed by atoms with E-state index in [0.717, 1.165) is 0 Å². The number of nitrogens with zero attached hydrogens (tertiary/aromatic N) is 2. The quantitative estimate of drug-likeness (QED) is 0.588. The van der Waals surface area contributed by atoms with Crippen LogP contribution in [-0.4, -0.2) is 24.5 Å². The van der Waals surface area contributed by atoms with E-state index >= 15 is 0 Å². The summed E-state index contributed by atoms with van der Waals surface area (Å²) < 4.78 is 0. The van der Waals surface area contributed by atoms with Gasteiger partial charge in [0.05, 0.1) is 0 Å². The Morgan fingerprint density at radius 1 is 1.50 bits per heavy atom. The van der Waals surface area contributed by atoms with Gasteiger partial charge in [-0.05, 0) is 11.0 Å². The monoisotopic (exact) mass is 167 g/mol. The largest absolute Gasteiger partial charge is 0.347 e. The van der Waals surface area contributed by atoms with Gasteiger partial charge in [-0.1, -0.05) is 20.8 Å². The first-order valence-corrected chi connectivity index (χ1v) is 4.14. The molecule has 0 saturated heterocycles. The molecule has 0 aromatic rings. The highest BCUT2D eigenvalue weighted by Gasteiger charge is 2.19. The van der Waals surface area contributed by atoms with Gasteiger partial charge in [0, 0.05) is 19.5 Å². The van der Waals surface area contributed by atoms with Crippen molar-refractivity contribution in [2.24, 2.45) is 16.1 Å². The summed E-state index contributed by atoms with van der Waals surface area (Å²) in [7, 11) is 1.94. The molecule has 0 radical (unpaired) electrons. The highest BCUT2D eigenvalue weighted by molar-refractivity contribution is 5.80. The van der Waals surface area contributed by atoms with E-state index in [2.05, 4.69) is 32.0 Å². The van der Waals surface area contributed by atoms with Crippen molar-refractivity contribution in [2.45, 2.75) is 27.1 Å². The first-order valence-electron chi connectivity index (χ1n) is 4.14. The number of hydrogen-bond donors (Lipinski definition) is 1. The average Bonchev–Trinajstić information content (AvgIpc) is 1.92. The number of aliphatic imine (C=N–C) groups is 1. The predicted octanol–water partition coefficient (Wildman–Crippen LogP) is 1.17. The highest BCUT2D eigenvalue weighted by atomic mass is 15.3. The lowest BCUT2D eigenvalue weighted by atomic mass is 9.87. The van der Waals surface area contributed by atoms with E-state index in [0.29, 0.717) is 0 Å². The van der Waals surface area contributed by atoms with Crippen LogP contribution in [-0.2, 0) is 0 Å². The van der Waals surface area contributed by atoms with Crippen molar-refractivity contribution < 1.29 is 0 Å². The van der Waals surface area contributed by atoms with Crippen LogP contribution in [0.4, 0.5) is 0 Å².